The maximum atomic E-state index is 12.6. The number of amides is 1. The van der Waals surface area contributed by atoms with Gasteiger partial charge in [-0.05, 0) is 19.3 Å². The highest BCUT2D eigenvalue weighted by Gasteiger charge is 2.16. The summed E-state index contributed by atoms with van der Waals surface area (Å²) in [6, 6.07) is 0. The van der Waals surface area contributed by atoms with Gasteiger partial charge in [-0.2, -0.15) is 0 Å². The number of hydrogen-bond acceptors (Lipinski definition) is 7. The average Bonchev–Trinajstić information content (AvgIpc) is 3.05. The highest BCUT2D eigenvalue weighted by atomic mass is 16.6. The Morgan fingerprint density at radius 3 is 1.57 bits per heavy atom. The van der Waals surface area contributed by atoms with Crippen LogP contribution in [0.25, 0.3) is 0 Å². The second kappa shape index (κ2) is 36.6. The number of ether oxygens (including phenoxy) is 5. The van der Waals surface area contributed by atoms with Crippen molar-refractivity contribution in [3.05, 3.63) is 0 Å². The van der Waals surface area contributed by atoms with E-state index >= 15 is 0 Å². The Bertz CT molecular complexity index is 649. The summed E-state index contributed by atoms with van der Waals surface area (Å²) in [6.07, 6.45) is 26.4. The molecule has 8 nitrogen and oxygen atoms in total. The number of methoxy groups -OCH3 is 1. The number of carbonyl (C=O) groups is 2. The van der Waals surface area contributed by atoms with Gasteiger partial charge in [0.05, 0.1) is 26.2 Å². The van der Waals surface area contributed by atoms with Crippen LogP contribution in [0.1, 0.15) is 162 Å². The van der Waals surface area contributed by atoms with Crippen LogP contribution in [-0.2, 0) is 33.3 Å². The van der Waals surface area contributed by atoms with Crippen molar-refractivity contribution in [1.29, 1.82) is 0 Å². The first-order valence-electron chi connectivity index (χ1n) is 19.2. The number of unbranched alkanes of at least 4 members (excludes halogenated alkanes) is 18. The van der Waals surface area contributed by atoms with Crippen LogP contribution in [0.15, 0.2) is 0 Å². The van der Waals surface area contributed by atoms with Crippen LogP contribution in [0.3, 0.4) is 0 Å². The number of rotatable bonds is 37. The van der Waals surface area contributed by atoms with E-state index in [1.165, 1.54) is 122 Å². The number of esters is 1. The minimum Gasteiger partial charge on any atom is -0.463 e. The van der Waals surface area contributed by atoms with Gasteiger partial charge in [0, 0.05) is 46.9 Å². The van der Waals surface area contributed by atoms with Crippen LogP contribution in [0.4, 0.5) is 0 Å². The Labute approximate surface area is 284 Å². The van der Waals surface area contributed by atoms with Crippen LogP contribution in [-0.4, -0.2) is 89.3 Å². The molecule has 1 amide bonds. The fraction of sp³-hybridized carbons (Fsp3) is 0.947. The lowest BCUT2D eigenvalue weighted by Crippen LogP contribution is -2.33. The summed E-state index contributed by atoms with van der Waals surface area (Å²) in [5, 5.41) is 0. The lowest BCUT2D eigenvalue weighted by atomic mass is 10.1. The highest BCUT2D eigenvalue weighted by molar-refractivity contribution is 5.75. The smallest absolute Gasteiger partial charge is 0.307 e. The molecule has 0 spiro atoms. The lowest BCUT2D eigenvalue weighted by Gasteiger charge is -2.21. The molecular formula is C38H75NO7. The van der Waals surface area contributed by atoms with Gasteiger partial charge in [0.15, 0.2) is 0 Å². The Morgan fingerprint density at radius 2 is 1.04 bits per heavy atom. The van der Waals surface area contributed by atoms with Gasteiger partial charge >= 0.3 is 5.97 Å². The van der Waals surface area contributed by atoms with Gasteiger partial charge in [-0.25, -0.2) is 0 Å². The summed E-state index contributed by atoms with van der Waals surface area (Å²) in [7, 11) is 1.64. The largest absolute Gasteiger partial charge is 0.463 e. The molecule has 0 rings (SSSR count). The lowest BCUT2D eigenvalue weighted by molar-refractivity contribution is -0.150. The molecule has 0 aromatic heterocycles. The van der Waals surface area contributed by atoms with E-state index in [1.54, 1.807) is 12.0 Å². The van der Waals surface area contributed by atoms with Gasteiger partial charge < -0.3 is 28.6 Å². The molecule has 0 aliphatic heterocycles. The van der Waals surface area contributed by atoms with Gasteiger partial charge in [0.25, 0.3) is 0 Å². The van der Waals surface area contributed by atoms with E-state index in [-0.39, 0.29) is 31.0 Å². The first kappa shape index (κ1) is 44.8. The van der Waals surface area contributed by atoms with E-state index < -0.39 is 0 Å². The quantitative estimate of drug-likeness (QED) is 0.0487. The second-order valence-electron chi connectivity index (χ2n) is 12.8. The van der Waals surface area contributed by atoms with Gasteiger partial charge in [-0.15, -0.1) is 0 Å². The zero-order valence-electron chi connectivity index (χ0n) is 30.8. The number of carbonyl (C=O) groups excluding carboxylic acids is 2. The molecule has 0 radical (unpaired) electrons. The van der Waals surface area contributed by atoms with E-state index in [4.69, 9.17) is 23.7 Å². The molecule has 1 unspecified atom stereocenters. The third kappa shape index (κ3) is 32.7. The topological polar surface area (TPSA) is 83.5 Å². The molecule has 8 heteroatoms. The number of nitrogens with zero attached hydrogens (tertiary/aromatic N) is 1. The Balaban J connectivity index is 4.34. The normalized spacial score (nSPS) is 12.0. The predicted molar refractivity (Wildman–Crippen MR) is 189 cm³/mol. The minimum atomic E-state index is -0.315. The summed E-state index contributed by atoms with van der Waals surface area (Å²) in [5.41, 5.74) is 0. The maximum absolute atomic E-state index is 12.6. The molecule has 0 aliphatic carbocycles. The molecule has 0 aromatic carbocycles. The van der Waals surface area contributed by atoms with Gasteiger partial charge in [0.2, 0.25) is 5.91 Å². The first-order valence-corrected chi connectivity index (χ1v) is 19.2. The summed E-state index contributed by atoms with van der Waals surface area (Å²) in [5.74, 6) is -0.368. The zero-order chi connectivity index (χ0) is 33.8. The predicted octanol–water partition coefficient (Wildman–Crippen LogP) is 9.06. The fourth-order valence-electron chi connectivity index (χ4n) is 5.40. The Kier molecular flexibility index (Phi) is 35.6. The monoisotopic (exact) mass is 658 g/mol. The van der Waals surface area contributed by atoms with Crippen LogP contribution >= 0.6 is 0 Å². The fourth-order valence-corrected chi connectivity index (χ4v) is 5.40. The first-order chi connectivity index (χ1) is 22.5. The Morgan fingerprint density at radius 1 is 0.543 bits per heavy atom. The molecule has 0 saturated carbocycles. The van der Waals surface area contributed by atoms with Crippen LogP contribution < -0.4 is 0 Å². The summed E-state index contributed by atoms with van der Waals surface area (Å²) in [4.78, 5) is 26.3. The van der Waals surface area contributed by atoms with Gasteiger partial charge in [-0.3, -0.25) is 9.59 Å². The molecule has 0 N–H and O–H groups in total. The molecule has 0 aromatic rings. The summed E-state index contributed by atoms with van der Waals surface area (Å²) in [6.45, 7) is 10.6. The van der Waals surface area contributed by atoms with E-state index in [1.807, 2.05) is 0 Å². The van der Waals surface area contributed by atoms with Crippen molar-refractivity contribution in [3.63, 3.8) is 0 Å². The standard InChI is InChI=1S/C38H75NO7/c1-5-7-9-11-13-15-17-19-21-23-29-44-34-37(45-31-24-22-20-18-16-14-12-10-8-6-2)35-46-38(41)26-28-39(36(3)40)27-25-30-43-33-32-42-4/h37H,5-35H2,1-4H3. The number of hydrogen-bond donors (Lipinski definition) is 0. The Hall–Kier alpha value is -1.22. The van der Waals surface area contributed by atoms with Crippen molar-refractivity contribution in [3.8, 4) is 0 Å². The van der Waals surface area contributed by atoms with Crippen LogP contribution in [0, 0.1) is 0 Å². The SMILES string of the molecule is CCCCCCCCCCCCOCC(COC(=O)CCN(CCCOCCOC)C(C)=O)OCCCCCCCCCCCC. The third-order valence-electron chi connectivity index (χ3n) is 8.41. The van der Waals surface area contributed by atoms with E-state index in [2.05, 4.69) is 13.8 Å². The van der Waals surface area contributed by atoms with Crippen molar-refractivity contribution in [2.75, 3.05) is 66.4 Å². The molecule has 0 fully saturated rings. The van der Waals surface area contributed by atoms with Crippen molar-refractivity contribution < 1.29 is 33.3 Å². The molecule has 0 bridgehead atoms. The van der Waals surface area contributed by atoms with Gasteiger partial charge in [-0.1, -0.05) is 129 Å². The van der Waals surface area contributed by atoms with E-state index in [9.17, 15) is 9.59 Å². The van der Waals surface area contributed by atoms with Crippen LogP contribution in [0.5, 0.6) is 0 Å². The molecule has 46 heavy (non-hydrogen) atoms. The van der Waals surface area contributed by atoms with Crippen molar-refractivity contribution in [2.24, 2.45) is 0 Å². The van der Waals surface area contributed by atoms with Crippen LogP contribution in [0.2, 0.25) is 0 Å². The molecule has 0 saturated heterocycles. The zero-order valence-corrected chi connectivity index (χ0v) is 30.8. The molecule has 1 atom stereocenters. The molecule has 0 heterocycles. The second-order valence-corrected chi connectivity index (χ2v) is 12.8. The van der Waals surface area contributed by atoms with Gasteiger partial charge in [0.1, 0.15) is 12.7 Å². The van der Waals surface area contributed by atoms with Crippen molar-refractivity contribution in [2.45, 2.75) is 168 Å². The van der Waals surface area contributed by atoms with E-state index in [0.29, 0.717) is 59.2 Å². The molecular weight excluding hydrogens is 582 g/mol. The third-order valence-corrected chi connectivity index (χ3v) is 8.41. The molecule has 274 valence electrons. The highest BCUT2D eigenvalue weighted by Crippen LogP contribution is 2.12. The van der Waals surface area contributed by atoms with Crippen molar-refractivity contribution in [1.82, 2.24) is 4.90 Å². The van der Waals surface area contributed by atoms with Crippen molar-refractivity contribution >= 4 is 11.9 Å². The summed E-state index contributed by atoms with van der Waals surface area (Å²) >= 11 is 0. The average molecular weight is 658 g/mol. The maximum Gasteiger partial charge on any atom is 0.307 e. The van der Waals surface area contributed by atoms with E-state index in [0.717, 1.165) is 12.8 Å². The summed E-state index contributed by atoms with van der Waals surface area (Å²) < 4.78 is 28.1. The molecule has 0 aliphatic rings. The minimum absolute atomic E-state index is 0.0530.